The minimum Gasteiger partial charge on any atom is -0.367 e. The summed E-state index contributed by atoms with van der Waals surface area (Å²) < 4.78 is 14.8. The summed E-state index contributed by atoms with van der Waals surface area (Å²) in [5.41, 5.74) is 1.08. The lowest BCUT2D eigenvalue weighted by atomic mass is 10.0. The van der Waals surface area contributed by atoms with Crippen LogP contribution in [0.15, 0.2) is 18.2 Å². The van der Waals surface area contributed by atoms with Crippen LogP contribution in [0.5, 0.6) is 0 Å². The molecule has 3 rings (SSSR count). The van der Waals surface area contributed by atoms with Gasteiger partial charge in [-0.25, -0.2) is 4.39 Å². The molecule has 0 unspecified atom stereocenters. The van der Waals surface area contributed by atoms with Crippen molar-refractivity contribution in [1.82, 2.24) is 15.1 Å². The summed E-state index contributed by atoms with van der Waals surface area (Å²) in [5.74, 6) is -0.322. The van der Waals surface area contributed by atoms with Crippen LogP contribution in [0.3, 0.4) is 0 Å². The predicted molar refractivity (Wildman–Crippen MR) is 122 cm³/mol. The van der Waals surface area contributed by atoms with Crippen molar-refractivity contribution in [3.05, 3.63) is 29.6 Å². The topological polar surface area (TPSA) is 38.8 Å². The molecule has 1 N–H and O–H groups in total. The van der Waals surface area contributed by atoms with Crippen molar-refractivity contribution < 1.29 is 9.18 Å². The van der Waals surface area contributed by atoms with Crippen molar-refractivity contribution in [2.75, 3.05) is 57.3 Å². The molecule has 29 heavy (non-hydrogen) atoms. The maximum Gasteiger partial charge on any atom is 0.254 e. The molecule has 2 aliphatic rings. The number of carbonyl (C=O) groups is 1. The zero-order valence-corrected chi connectivity index (χ0v) is 19.2. The quantitative estimate of drug-likeness (QED) is 0.723. The van der Waals surface area contributed by atoms with Gasteiger partial charge in [0, 0.05) is 44.3 Å². The van der Waals surface area contributed by atoms with E-state index < -0.39 is 0 Å². The highest BCUT2D eigenvalue weighted by Crippen LogP contribution is 2.24. The second kappa shape index (κ2) is 12.6. The van der Waals surface area contributed by atoms with E-state index >= 15 is 0 Å². The average molecular weight is 449 g/mol. The summed E-state index contributed by atoms with van der Waals surface area (Å²) in [5, 5.41) is 3.34. The summed E-state index contributed by atoms with van der Waals surface area (Å²) in [6.07, 6.45) is 2.85. The van der Waals surface area contributed by atoms with E-state index in [2.05, 4.69) is 29.0 Å². The van der Waals surface area contributed by atoms with Gasteiger partial charge in [0.05, 0.1) is 5.69 Å². The van der Waals surface area contributed by atoms with Crippen LogP contribution in [0.2, 0.25) is 0 Å². The number of benzene rings is 1. The Labute approximate surface area is 186 Å². The smallest absolute Gasteiger partial charge is 0.254 e. The van der Waals surface area contributed by atoms with Gasteiger partial charge in [-0.1, -0.05) is 13.8 Å². The van der Waals surface area contributed by atoms with Crippen LogP contribution in [0.1, 0.15) is 43.5 Å². The zero-order valence-electron chi connectivity index (χ0n) is 17.5. The van der Waals surface area contributed by atoms with E-state index in [1.807, 2.05) is 4.90 Å². The Morgan fingerprint density at radius 3 is 2.34 bits per heavy atom. The van der Waals surface area contributed by atoms with E-state index in [1.165, 1.54) is 6.07 Å². The number of amides is 1. The van der Waals surface area contributed by atoms with Crippen LogP contribution in [0.4, 0.5) is 10.1 Å². The van der Waals surface area contributed by atoms with E-state index in [9.17, 15) is 9.18 Å². The number of nitrogens with zero attached hydrogens (tertiary/aromatic N) is 3. The first-order chi connectivity index (χ1) is 13.1. The van der Waals surface area contributed by atoms with Gasteiger partial charge in [0.25, 0.3) is 5.91 Å². The van der Waals surface area contributed by atoms with E-state index in [-0.39, 0.29) is 42.6 Å². The number of piperazine rings is 1. The number of carbonyl (C=O) groups excluding carboxylic acids is 1. The molecule has 0 radical (unpaired) electrons. The molecule has 2 aliphatic heterocycles. The Kier molecular flexibility index (Phi) is 11.3. The monoisotopic (exact) mass is 448 g/mol. The molecular weight excluding hydrogens is 414 g/mol. The Bertz CT molecular complexity index is 635. The van der Waals surface area contributed by atoms with Gasteiger partial charge < -0.3 is 20.0 Å². The molecule has 1 aromatic carbocycles. The minimum absolute atomic E-state index is 0. The molecular formula is C21H35Cl2FN4O. The molecule has 8 heteroatoms. The fourth-order valence-corrected chi connectivity index (χ4v) is 4.18. The Morgan fingerprint density at radius 2 is 1.79 bits per heavy atom. The van der Waals surface area contributed by atoms with Gasteiger partial charge in [0.15, 0.2) is 0 Å². The molecule has 2 fully saturated rings. The van der Waals surface area contributed by atoms with Crippen molar-refractivity contribution in [3.8, 4) is 0 Å². The largest absolute Gasteiger partial charge is 0.367 e. The van der Waals surface area contributed by atoms with Gasteiger partial charge in [0.1, 0.15) is 5.82 Å². The second-order valence-electron chi connectivity index (χ2n) is 7.57. The molecule has 0 spiro atoms. The molecule has 2 saturated heterocycles. The number of likely N-dealkylation sites (N-methyl/N-ethyl adjacent to an activating group) is 1. The number of piperidine rings is 1. The van der Waals surface area contributed by atoms with E-state index in [0.29, 0.717) is 11.3 Å². The molecule has 166 valence electrons. The standard InChI is InChI=1S/C21H33FN4O.2ClH/c1-3-11-26(18-7-9-23-10-8-18)21(27)17-5-6-20(19(22)16-17)25-14-12-24(4-2)13-15-25;;/h5-6,16,18,23H,3-4,7-15H2,1-2H3;2*1H. The first-order valence-corrected chi connectivity index (χ1v) is 10.4. The summed E-state index contributed by atoms with van der Waals surface area (Å²) in [6.45, 7) is 11.4. The molecule has 0 atom stereocenters. The van der Waals surface area contributed by atoms with Crippen LogP contribution < -0.4 is 10.2 Å². The lowest BCUT2D eigenvalue weighted by Gasteiger charge is -2.36. The van der Waals surface area contributed by atoms with Crippen LogP contribution in [0, 0.1) is 5.82 Å². The molecule has 1 aromatic rings. The summed E-state index contributed by atoms with van der Waals surface area (Å²) in [7, 11) is 0. The fraction of sp³-hybridized carbons (Fsp3) is 0.667. The van der Waals surface area contributed by atoms with Crippen molar-refractivity contribution in [2.45, 2.75) is 39.2 Å². The SMILES string of the molecule is CCCN(C(=O)c1ccc(N2CCN(CC)CC2)c(F)c1)C1CCNCC1.Cl.Cl. The van der Waals surface area contributed by atoms with Crippen molar-refractivity contribution >= 4 is 36.4 Å². The highest BCUT2D eigenvalue weighted by atomic mass is 35.5. The number of hydrogen-bond acceptors (Lipinski definition) is 4. The first-order valence-electron chi connectivity index (χ1n) is 10.4. The third kappa shape index (κ3) is 6.45. The minimum atomic E-state index is -0.285. The maximum atomic E-state index is 14.8. The van der Waals surface area contributed by atoms with E-state index in [1.54, 1.807) is 12.1 Å². The van der Waals surface area contributed by atoms with Crippen molar-refractivity contribution in [3.63, 3.8) is 0 Å². The Morgan fingerprint density at radius 1 is 1.14 bits per heavy atom. The van der Waals surface area contributed by atoms with Crippen LogP contribution in [-0.4, -0.2) is 74.1 Å². The van der Waals surface area contributed by atoms with Gasteiger partial charge in [-0.05, 0) is 57.1 Å². The van der Waals surface area contributed by atoms with E-state index in [4.69, 9.17) is 0 Å². The molecule has 0 aliphatic carbocycles. The highest BCUT2D eigenvalue weighted by Gasteiger charge is 2.26. The van der Waals surface area contributed by atoms with Crippen LogP contribution in [-0.2, 0) is 0 Å². The van der Waals surface area contributed by atoms with Gasteiger partial charge in [-0.15, -0.1) is 24.8 Å². The van der Waals surface area contributed by atoms with Crippen molar-refractivity contribution in [1.29, 1.82) is 0 Å². The Balaban J connectivity index is 0.00000210. The summed E-state index contributed by atoms with van der Waals surface area (Å²) in [6, 6.07) is 5.28. The molecule has 0 saturated carbocycles. The molecule has 0 bridgehead atoms. The zero-order chi connectivity index (χ0) is 19.2. The van der Waals surface area contributed by atoms with E-state index in [0.717, 1.165) is 71.6 Å². The van der Waals surface area contributed by atoms with Gasteiger partial charge in [-0.2, -0.15) is 0 Å². The second-order valence-corrected chi connectivity index (χ2v) is 7.57. The molecule has 0 aromatic heterocycles. The molecule has 1 amide bonds. The van der Waals surface area contributed by atoms with Crippen molar-refractivity contribution in [2.24, 2.45) is 0 Å². The molecule has 2 heterocycles. The summed E-state index contributed by atoms with van der Waals surface area (Å²) >= 11 is 0. The average Bonchev–Trinajstić information content (AvgIpc) is 2.72. The number of nitrogens with one attached hydrogen (secondary N) is 1. The van der Waals surface area contributed by atoms with Gasteiger partial charge in [0.2, 0.25) is 0 Å². The Hall–Kier alpha value is -1.08. The third-order valence-corrected chi connectivity index (χ3v) is 5.83. The van der Waals surface area contributed by atoms with Crippen LogP contribution >= 0.6 is 24.8 Å². The lowest BCUT2D eigenvalue weighted by molar-refractivity contribution is 0.0642. The number of rotatable bonds is 6. The third-order valence-electron chi connectivity index (χ3n) is 5.83. The number of hydrogen-bond donors (Lipinski definition) is 1. The normalized spacial score (nSPS) is 18.0. The van der Waals surface area contributed by atoms with Gasteiger partial charge in [-0.3, -0.25) is 4.79 Å². The highest BCUT2D eigenvalue weighted by molar-refractivity contribution is 5.95. The number of anilines is 1. The maximum absolute atomic E-state index is 14.8. The lowest BCUT2D eigenvalue weighted by Crippen LogP contribution is -2.47. The number of halogens is 3. The van der Waals surface area contributed by atoms with Gasteiger partial charge >= 0.3 is 0 Å². The van der Waals surface area contributed by atoms with Crippen LogP contribution in [0.25, 0.3) is 0 Å². The predicted octanol–water partition coefficient (Wildman–Crippen LogP) is 3.42. The molecule has 5 nitrogen and oxygen atoms in total. The first kappa shape index (κ1) is 26.0. The fourth-order valence-electron chi connectivity index (χ4n) is 4.18. The summed E-state index contributed by atoms with van der Waals surface area (Å²) in [4.78, 5) is 19.5.